The van der Waals surface area contributed by atoms with Gasteiger partial charge in [0.05, 0.1) is 0 Å². The van der Waals surface area contributed by atoms with E-state index in [-0.39, 0.29) is 0 Å². The molecule has 0 aromatic carbocycles. The Morgan fingerprint density at radius 3 is 2.10 bits per heavy atom. The van der Waals surface area contributed by atoms with Crippen LogP contribution in [0.5, 0.6) is 0 Å². The second kappa shape index (κ2) is 2.85. The molecule has 10 heavy (non-hydrogen) atoms. The maximum Gasteiger partial charge on any atom is 0.420 e. The molecule has 0 aliphatic carbocycles. The summed E-state index contributed by atoms with van der Waals surface area (Å²) in [7, 11) is 0. The van der Waals surface area contributed by atoms with E-state index in [0.29, 0.717) is 6.92 Å². The normalized spacial score (nSPS) is 14.5. The summed E-state index contributed by atoms with van der Waals surface area (Å²) in [5.41, 5.74) is 0. The minimum atomic E-state index is -4.39. The van der Waals surface area contributed by atoms with Crippen molar-refractivity contribution in [2.45, 2.75) is 19.0 Å². The van der Waals surface area contributed by atoms with E-state index < -0.39 is 18.1 Å². The van der Waals surface area contributed by atoms with Crippen LogP contribution in [0.4, 0.5) is 17.7 Å². The van der Waals surface area contributed by atoms with Gasteiger partial charge in [-0.1, -0.05) is 0 Å². The third-order valence-corrected chi connectivity index (χ3v) is 0.842. The Morgan fingerprint density at radius 1 is 1.60 bits per heavy atom. The molecule has 0 saturated heterocycles. The summed E-state index contributed by atoms with van der Waals surface area (Å²) in [5, 5.41) is 0. The summed E-state index contributed by atoms with van der Waals surface area (Å²) < 4.78 is 46.1. The number of rotatable bonds is 2. The first kappa shape index (κ1) is 9.19. The zero-order valence-corrected chi connectivity index (χ0v) is 4.91. The molecule has 2 nitrogen and oxygen atoms in total. The van der Waals surface area contributed by atoms with Crippen molar-refractivity contribution in [3.63, 3.8) is 0 Å². The van der Waals surface area contributed by atoms with Crippen molar-refractivity contribution < 1.29 is 27.4 Å². The molecule has 0 aliphatic heterocycles. The van der Waals surface area contributed by atoms with Crippen LogP contribution in [0.2, 0.25) is 0 Å². The summed E-state index contributed by atoms with van der Waals surface area (Å²) >= 11 is 0. The highest BCUT2D eigenvalue weighted by molar-refractivity contribution is 5.77. The van der Waals surface area contributed by atoms with Crippen LogP contribution in [0, 0.1) is 0 Å². The standard InChI is InChI=1S/C4H4F4O2/c1-2(5)4(6,7)3(9)10-8/h2H,1H3. The van der Waals surface area contributed by atoms with Gasteiger partial charge in [-0.15, -0.1) is 0 Å². The van der Waals surface area contributed by atoms with Crippen LogP contribution in [0.15, 0.2) is 0 Å². The number of carbonyl (C=O) groups is 1. The Balaban J connectivity index is 4.24. The molecule has 0 spiro atoms. The van der Waals surface area contributed by atoms with E-state index in [1.165, 1.54) is 0 Å². The molecule has 0 aromatic rings. The predicted molar refractivity (Wildman–Crippen MR) is 22.7 cm³/mol. The van der Waals surface area contributed by atoms with Gasteiger partial charge in [0.1, 0.15) is 0 Å². The smallest absolute Gasteiger partial charge is 0.248 e. The van der Waals surface area contributed by atoms with E-state index in [4.69, 9.17) is 0 Å². The van der Waals surface area contributed by atoms with Crippen LogP contribution in [0.3, 0.4) is 0 Å². The van der Waals surface area contributed by atoms with Crippen molar-refractivity contribution in [3.8, 4) is 0 Å². The molecule has 0 aliphatic rings. The van der Waals surface area contributed by atoms with Crippen LogP contribution >= 0.6 is 0 Å². The number of halogens is 4. The lowest BCUT2D eigenvalue weighted by Gasteiger charge is -2.11. The third kappa shape index (κ3) is 1.58. The lowest BCUT2D eigenvalue weighted by molar-refractivity contribution is -0.218. The minimum Gasteiger partial charge on any atom is -0.248 e. The second-order valence-corrected chi connectivity index (χ2v) is 1.60. The molecule has 6 heteroatoms. The Hall–Kier alpha value is -0.810. The van der Waals surface area contributed by atoms with E-state index in [1.807, 2.05) is 0 Å². The van der Waals surface area contributed by atoms with Gasteiger partial charge in [-0.25, -0.2) is 14.1 Å². The molecule has 0 N–H and O–H groups in total. The first-order valence-electron chi connectivity index (χ1n) is 2.27. The second-order valence-electron chi connectivity index (χ2n) is 1.60. The number of hydrogen-bond donors (Lipinski definition) is 0. The molecule has 0 rings (SSSR count). The maximum absolute atomic E-state index is 11.9. The number of hydrogen-bond acceptors (Lipinski definition) is 2. The van der Waals surface area contributed by atoms with Crippen LogP contribution in [0.1, 0.15) is 6.92 Å². The van der Waals surface area contributed by atoms with Gasteiger partial charge in [0.15, 0.2) is 6.17 Å². The van der Waals surface area contributed by atoms with Gasteiger partial charge in [0.25, 0.3) is 0 Å². The van der Waals surface area contributed by atoms with E-state index >= 15 is 0 Å². The summed E-state index contributed by atoms with van der Waals surface area (Å²) in [6.45, 7) is 0.428. The Labute approximate surface area is 53.7 Å². The Morgan fingerprint density at radius 2 is 2.00 bits per heavy atom. The molecular formula is C4H4F4O2. The molecular weight excluding hydrogens is 156 g/mol. The Kier molecular flexibility index (Phi) is 2.62. The molecule has 0 bridgehead atoms. The molecule has 0 saturated carbocycles. The minimum absolute atomic E-state index is 0.428. The van der Waals surface area contributed by atoms with Crippen molar-refractivity contribution in [2.75, 3.05) is 0 Å². The fourth-order valence-corrected chi connectivity index (χ4v) is 0.214. The van der Waals surface area contributed by atoms with E-state index in [1.54, 1.807) is 0 Å². The van der Waals surface area contributed by atoms with Gasteiger partial charge in [0, 0.05) is 4.53 Å². The van der Waals surface area contributed by atoms with Gasteiger partial charge in [-0.3, -0.25) is 0 Å². The SMILES string of the molecule is CC(F)C(F)(F)C(=O)OF. The topological polar surface area (TPSA) is 26.3 Å². The average molecular weight is 160 g/mol. The van der Waals surface area contributed by atoms with Crippen molar-refractivity contribution in [3.05, 3.63) is 0 Å². The first-order valence-corrected chi connectivity index (χ1v) is 2.27. The fraction of sp³-hybridized carbons (Fsp3) is 0.750. The quantitative estimate of drug-likeness (QED) is 0.571. The molecule has 0 radical (unpaired) electrons. The Bertz CT molecular complexity index is 133. The highest BCUT2D eigenvalue weighted by Gasteiger charge is 2.48. The molecule has 0 fully saturated rings. The summed E-state index contributed by atoms with van der Waals surface area (Å²) in [4.78, 5) is 11.8. The van der Waals surface area contributed by atoms with Crippen LogP contribution < -0.4 is 0 Å². The molecule has 0 heterocycles. The summed E-state index contributed by atoms with van der Waals surface area (Å²) in [5.74, 6) is -6.91. The van der Waals surface area contributed by atoms with Gasteiger partial charge in [0.2, 0.25) is 0 Å². The van der Waals surface area contributed by atoms with Crippen molar-refractivity contribution in [1.29, 1.82) is 0 Å². The average Bonchev–Trinajstić information content (AvgIpc) is 1.86. The zero-order valence-electron chi connectivity index (χ0n) is 4.91. The van der Waals surface area contributed by atoms with Crippen molar-refractivity contribution >= 4 is 5.97 Å². The van der Waals surface area contributed by atoms with Crippen molar-refractivity contribution in [2.24, 2.45) is 0 Å². The van der Waals surface area contributed by atoms with Gasteiger partial charge >= 0.3 is 11.9 Å². The fourth-order valence-electron chi connectivity index (χ4n) is 0.214. The predicted octanol–water partition coefficient (Wildman–Crippen LogP) is 1.41. The van der Waals surface area contributed by atoms with Crippen LogP contribution in [-0.2, 0) is 9.74 Å². The lowest BCUT2D eigenvalue weighted by Crippen LogP contribution is -2.37. The zero-order chi connectivity index (χ0) is 8.36. The summed E-state index contributed by atoms with van der Waals surface area (Å²) in [6.07, 6.45) is -2.75. The van der Waals surface area contributed by atoms with Gasteiger partial charge in [-0.05, 0) is 6.92 Å². The van der Waals surface area contributed by atoms with E-state index in [2.05, 4.69) is 4.94 Å². The number of alkyl halides is 3. The molecule has 1 atom stereocenters. The first-order chi connectivity index (χ1) is 4.42. The highest BCUT2D eigenvalue weighted by Crippen LogP contribution is 2.22. The largest absolute Gasteiger partial charge is 0.420 e. The van der Waals surface area contributed by atoms with Gasteiger partial charge in [-0.2, -0.15) is 8.78 Å². The summed E-state index contributed by atoms with van der Waals surface area (Å²) in [6, 6.07) is 0. The molecule has 0 amide bonds. The maximum atomic E-state index is 11.9. The monoisotopic (exact) mass is 160 g/mol. The van der Waals surface area contributed by atoms with Crippen molar-refractivity contribution in [1.82, 2.24) is 0 Å². The van der Waals surface area contributed by atoms with E-state index in [9.17, 15) is 22.5 Å². The van der Waals surface area contributed by atoms with Crippen LogP contribution in [-0.4, -0.2) is 18.1 Å². The third-order valence-electron chi connectivity index (χ3n) is 0.842. The van der Waals surface area contributed by atoms with E-state index in [0.717, 1.165) is 0 Å². The number of carbonyl (C=O) groups excluding carboxylic acids is 1. The molecule has 0 aromatic heterocycles. The highest BCUT2D eigenvalue weighted by atomic mass is 19.3. The van der Waals surface area contributed by atoms with Crippen LogP contribution in [0.25, 0.3) is 0 Å². The molecule has 1 unspecified atom stereocenters. The van der Waals surface area contributed by atoms with Gasteiger partial charge < -0.3 is 0 Å². The molecule has 60 valence electrons. The lowest BCUT2D eigenvalue weighted by atomic mass is 10.2.